The molecular formula is C12H9BrClN. The number of nitrogens with zero attached hydrogens (tertiary/aromatic N) is 1. The minimum Gasteiger partial charge on any atom is -0.245 e. The summed E-state index contributed by atoms with van der Waals surface area (Å²) >= 11 is 9.30. The maximum absolute atomic E-state index is 5.86. The smallest absolute Gasteiger partial charge is 0.129 e. The van der Waals surface area contributed by atoms with E-state index in [1.54, 1.807) is 6.20 Å². The van der Waals surface area contributed by atoms with Gasteiger partial charge in [0.1, 0.15) is 5.15 Å². The average Bonchev–Trinajstić information content (AvgIpc) is 2.17. The van der Waals surface area contributed by atoms with Crippen LogP contribution in [0.2, 0.25) is 5.15 Å². The lowest BCUT2D eigenvalue weighted by atomic mass is 10.0. The third-order valence-electron chi connectivity index (χ3n) is 2.23. The minimum absolute atomic E-state index is 0.523. The summed E-state index contributed by atoms with van der Waals surface area (Å²) in [4.78, 5) is 3.97. The van der Waals surface area contributed by atoms with Crippen LogP contribution in [0.1, 0.15) is 5.56 Å². The van der Waals surface area contributed by atoms with Gasteiger partial charge in [0, 0.05) is 10.7 Å². The Morgan fingerprint density at radius 1 is 1.20 bits per heavy atom. The van der Waals surface area contributed by atoms with Crippen LogP contribution in [0.4, 0.5) is 0 Å². The van der Waals surface area contributed by atoms with Crippen molar-refractivity contribution in [3.63, 3.8) is 0 Å². The van der Waals surface area contributed by atoms with Crippen LogP contribution in [0.15, 0.2) is 41.0 Å². The molecule has 0 aliphatic carbocycles. The molecule has 15 heavy (non-hydrogen) atoms. The van der Waals surface area contributed by atoms with Crippen LogP contribution in [-0.4, -0.2) is 4.98 Å². The van der Waals surface area contributed by atoms with Crippen LogP contribution in [0.3, 0.4) is 0 Å². The zero-order valence-corrected chi connectivity index (χ0v) is 10.5. The monoisotopic (exact) mass is 281 g/mol. The maximum atomic E-state index is 5.86. The van der Waals surface area contributed by atoms with Gasteiger partial charge in [0.2, 0.25) is 0 Å². The van der Waals surface area contributed by atoms with Crippen LogP contribution >= 0.6 is 27.5 Å². The summed E-state index contributed by atoms with van der Waals surface area (Å²) in [7, 11) is 0. The fourth-order valence-electron chi connectivity index (χ4n) is 1.52. The van der Waals surface area contributed by atoms with Crippen molar-refractivity contribution in [2.24, 2.45) is 0 Å². The first-order chi connectivity index (χ1) is 7.16. The third-order valence-corrected chi connectivity index (χ3v) is 2.93. The summed E-state index contributed by atoms with van der Waals surface area (Å²) in [5, 5.41) is 0.523. The number of aromatic nitrogens is 1. The summed E-state index contributed by atoms with van der Waals surface area (Å²) in [5.74, 6) is 0. The molecule has 0 N–H and O–H groups in total. The molecule has 1 aromatic heterocycles. The van der Waals surface area contributed by atoms with Crippen LogP contribution in [0.25, 0.3) is 11.1 Å². The van der Waals surface area contributed by atoms with E-state index in [-0.39, 0.29) is 0 Å². The molecule has 0 bridgehead atoms. The summed E-state index contributed by atoms with van der Waals surface area (Å²) in [6, 6.07) is 10.0. The van der Waals surface area contributed by atoms with Gasteiger partial charge in [0.15, 0.2) is 0 Å². The standard InChI is InChI=1S/C12H9BrClN/c1-8-6-10(13)2-3-11(8)9-4-5-15-12(14)7-9/h2-7H,1H3. The normalized spacial score (nSPS) is 10.3. The Labute approximate surface area is 102 Å². The van der Waals surface area contributed by atoms with E-state index in [9.17, 15) is 0 Å². The van der Waals surface area contributed by atoms with Gasteiger partial charge in [-0.05, 0) is 47.9 Å². The SMILES string of the molecule is Cc1cc(Br)ccc1-c1ccnc(Cl)c1. The first-order valence-electron chi connectivity index (χ1n) is 4.55. The lowest BCUT2D eigenvalue weighted by Gasteiger charge is -2.06. The number of pyridine rings is 1. The summed E-state index contributed by atoms with van der Waals surface area (Å²) in [6.07, 6.45) is 1.72. The molecule has 2 aromatic rings. The molecule has 0 radical (unpaired) electrons. The van der Waals surface area contributed by atoms with Crippen molar-refractivity contribution in [1.29, 1.82) is 0 Å². The zero-order valence-electron chi connectivity index (χ0n) is 8.17. The molecule has 0 unspecified atom stereocenters. The summed E-state index contributed by atoms with van der Waals surface area (Å²) < 4.78 is 1.09. The molecule has 1 nitrogen and oxygen atoms in total. The maximum Gasteiger partial charge on any atom is 0.129 e. The van der Waals surface area contributed by atoms with Gasteiger partial charge in [-0.25, -0.2) is 4.98 Å². The van der Waals surface area contributed by atoms with Crippen LogP contribution in [0, 0.1) is 6.92 Å². The number of benzene rings is 1. The highest BCUT2D eigenvalue weighted by molar-refractivity contribution is 9.10. The molecule has 0 saturated carbocycles. The fraction of sp³-hybridized carbons (Fsp3) is 0.0833. The highest BCUT2D eigenvalue weighted by Crippen LogP contribution is 2.26. The van der Waals surface area contributed by atoms with E-state index in [0.29, 0.717) is 5.15 Å². The predicted molar refractivity (Wildman–Crippen MR) is 67.1 cm³/mol. The Bertz CT molecular complexity index is 497. The first-order valence-corrected chi connectivity index (χ1v) is 5.72. The number of hydrogen-bond donors (Lipinski definition) is 0. The second kappa shape index (κ2) is 4.33. The summed E-state index contributed by atoms with van der Waals surface area (Å²) in [5.41, 5.74) is 3.49. The van der Waals surface area contributed by atoms with Gasteiger partial charge in [0.05, 0.1) is 0 Å². The number of rotatable bonds is 1. The van der Waals surface area contributed by atoms with Crippen molar-refractivity contribution in [3.8, 4) is 11.1 Å². The van der Waals surface area contributed by atoms with Crippen molar-refractivity contribution < 1.29 is 0 Å². The van der Waals surface area contributed by atoms with Crippen molar-refractivity contribution in [1.82, 2.24) is 4.98 Å². The Kier molecular flexibility index (Phi) is 3.08. The Hall–Kier alpha value is -0.860. The van der Waals surface area contributed by atoms with Gasteiger partial charge < -0.3 is 0 Å². The van der Waals surface area contributed by atoms with E-state index >= 15 is 0 Å². The second-order valence-corrected chi connectivity index (χ2v) is 4.63. The van der Waals surface area contributed by atoms with Crippen LogP contribution < -0.4 is 0 Å². The van der Waals surface area contributed by atoms with Crippen LogP contribution in [0.5, 0.6) is 0 Å². The van der Waals surface area contributed by atoms with Gasteiger partial charge in [-0.15, -0.1) is 0 Å². The van der Waals surface area contributed by atoms with E-state index in [0.717, 1.165) is 10.0 Å². The van der Waals surface area contributed by atoms with Crippen molar-refractivity contribution >= 4 is 27.5 Å². The van der Waals surface area contributed by atoms with E-state index < -0.39 is 0 Å². The molecule has 2 rings (SSSR count). The largest absolute Gasteiger partial charge is 0.245 e. The quantitative estimate of drug-likeness (QED) is 0.703. The van der Waals surface area contributed by atoms with Crippen LogP contribution in [-0.2, 0) is 0 Å². The molecule has 0 fully saturated rings. The van der Waals surface area contributed by atoms with Gasteiger partial charge in [-0.3, -0.25) is 0 Å². The Morgan fingerprint density at radius 2 is 2.00 bits per heavy atom. The molecule has 3 heteroatoms. The van der Waals surface area contributed by atoms with Crippen molar-refractivity contribution in [2.45, 2.75) is 6.92 Å². The lowest BCUT2D eigenvalue weighted by molar-refractivity contribution is 1.32. The Morgan fingerprint density at radius 3 is 2.67 bits per heavy atom. The highest BCUT2D eigenvalue weighted by Gasteiger charge is 2.02. The Balaban J connectivity index is 2.54. The highest BCUT2D eigenvalue weighted by atomic mass is 79.9. The number of halogens is 2. The zero-order chi connectivity index (χ0) is 10.8. The predicted octanol–water partition coefficient (Wildman–Crippen LogP) is 4.47. The van der Waals surface area contributed by atoms with Crippen molar-refractivity contribution in [2.75, 3.05) is 0 Å². The van der Waals surface area contributed by atoms with Gasteiger partial charge in [-0.1, -0.05) is 33.6 Å². The first kappa shape index (κ1) is 10.7. The van der Waals surface area contributed by atoms with E-state index in [4.69, 9.17) is 11.6 Å². The molecule has 76 valence electrons. The van der Waals surface area contributed by atoms with E-state index in [2.05, 4.69) is 40.0 Å². The average molecular weight is 283 g/mol. The molecular weight excluding hydrogens is 273 g/mol. The number of hydrogen-bond acceptors (Lipinski definition) is 1. The molecule has 0 aliphatic heterocycles. The van der Waals surface area contributed by atoms with E-state index in [1.807, 2.05) is 18.2 Å². The topological polar surface area (TPSA) is 12.9 Å². The molecule has 0 atom stereocenters. The molecule has 1 aromatic carbocycles. The summed E-state index contributed by atoms with van der Waals surface area (Å²) in [6.45, 7) is 2.08. The molecule has 0 saturated heterocycles. The van der Waals surface area contributed by atoms with Crippen molar-refractivity contribution in [3.05, 3.63) is 51.7 Å². The lowest BCUT2D eigenvalue weighted by Crippen LogP contribution is -1.84. The van der Waals surface area contributed by atoms with E-state index in [1.165, 1.54) is 11.1 Å². The number of aryl methyl sites for hydroxylation is 1. The fourth-order valence-corrected chi connectivity index (χ4v) is 2.17. The third kappa shape index (κ3) is 2.39. The minimum atomic E-state index is 0.523. The van der Waals surface area contributed by atoms with Gasteiger partial charge in [-0.2, -0.15) is 0 Å². The molecule has 1 heterocycles. The molecule has 0 amide bonds. The second-order valence-electron chi connectivity index (χ2n) is 3.33. The van der Waals surface area contributed by atoms with Gasteiger partial charge >= 0.3 is 0 Å². The van der Waals surface area contributed by atoms with Gasteiger partial charge in [0.25, 0.3) is 0 Å². The molecule has 0 spiro atoms. The molecule has 0 aliphatic rings.